The molecule has 1 heterocycles. The van der Waals surface area contributed by atoms with Crippen molar-refractivity contribution in [1.82, 2.24) is 5.32 Å². The molecule has 0 saturated carbocycles. The molecule has 1 unspecified atom stereocenters. The van der Waals surface area contributed by atoms with Crippen LogP contribution in [0.1, 0.15) is 6.42 Å². The number of nitrogens with zero attached hydrogens (tertiary/aromatic N) is 1. The molecule has 11 heavy (non-hydrogen) atoms. The minimum absolute atomic E-state index is 0.0967. The maximum absolute atomic E-state index is 8.53. The van der Waals surface area contributed by atoms with Crippen LogP contribution < -0.4 is 5.32 Å². The van der Waals surface area contributed by atoms with Crippen molar-refractivity contribution in [2.24, 2.45) is 4.99 Å². The normalized spacial score (nSPS) is 29.3. The quantitative estimate of drug-likeness (QED) is 0.483. The summed E-state index contributed by atoms with van der Waals surface area (Å²) in [5.74, 6) is 0. The molecule has 0 aromatic rings. The molecule has 3 nitrogen and oxygen atoms in total. The molecule has 0 bridgehead atoms. The lowest BCUT2D eigenvalue weighted by Crippen LogP contribution is -2.40. The number of aliphatic imine (C=N–C) groups is 1. The first-order valence-electron chi connectivity index (χ1n) is 3.51. The second-order valence-corrected chi connectivity index (χ2v) is 3.04. The highest BCUT2D eigenvalue weighted by Gasteiger charge is 2.22. The Morgan fingerprint density at radius 3 is 3.09 bits per heavy atom. The number of hydrogen-bond donors (Lipinski definition) is 2. The third-order valence-electron chi connectivity index (χ3n) is 1.45. The van der Waals surface area contributed by atoms with Crippen LogP contribution in [0.15, 0.2) is 17.3 Å². The molecule has 1 atom stereocenters. The number of aliphatic hydroxyl groups is 1. The first-order chi connectivity index (χ1) is 5.27. The predicted molar refractivity (Wildman–Crippen MR) is 45.9 cm³/mol. The minimum atomic E-state index is -0.537. The van der Waals surface area contributed by atoms with Crippen molar-refractivity contribution in [3.05, 3.63) is 12.3 Å². The zero-order valence-corrected chi connectivity index (χ0v) is 6.88. The minimum Gasteiger partial charge on any atom is -0.395 e. The maximum atomic E-state index is 8.53. The smallest absolute Gasteiger partial charge is 0.119 e. The van der Waals surface area contributed by atoms with Crippen LogP contribution in [0, 0.1) is 0 Å². The van der Waals surface area contributed by atoms with Crippen LogP contribution >= 0.6 is 11.6 Å². The van der Waals surface area contributed by atoms with Crippen LogP contribution in [0.4, 0.5) is 0 Å². The van der Waals surface area contributed by atoms with Gasteiger partial charge in [0.15, 0.2) is 0 Å². The average molecular weight is 175 g/mol. The Morgan fingerprint density at radius 1 is 1.73 bits per heavy atom. The van der Waals surface area contributed by atoms with Crippen LogP contribution in [0.25, 0.3) is 0 Å². The lowest BCUT2D eigenvalue weighted by Gasteiger charge is -2.24. The highest BCUT2D eigenvalue weighted by molar-refractivity contribution is 6.25. The number of rotatable bonds is 3. The third kappa shape index (κ3) is 2.61. The van der Waals surface area contributed by atoms with Crippen molar-refractivity contribution in [2.45, 2.75) is 11.4 Å². The van der Waals surface area contributed by atoms with Crippen molar-refractivity contribution in [2.75, 3.05) is 13.2 Å². The molecule has 0 saturated heterocycles. The van der Waals surface area contributed by atoms with Gasteiger partial charge in [0.2, 0.25) is 0 Å². The van der Waals surface area contributed by atoms with E-state index in [1.807, 2.05) is 0 Å². The molecule has 0 aliphatic carbocycles. The largest absolute Gasteiger partial charge is 0.395 e. The predicted octanol–water partition coefficient (Wildman–Crippen LogP) is 0.492. The van der Waals surface area contributed by atoms with E-state index in [9.17, 15) is 0 Å². The molecular formula is C7H11ClN2O. The molecule has 4 heteroatoms. The van der Waals surface area contributed by atoms with Crippen molar-refractivity contribution in [3.63, 3.8) is 0 Å². The van der Waals surface area contributed by atoms with Crippen LogP contribution in [-0.4, -0.2) is 29.5 Å². The molecule has 0 amide bonds. The van der Waals surface area contributed by atoms with E-state index in [1.54, 1.807) is 18.5 Å². The van der Waals surface area contributed by atoms with E-state index < -0.39 is 5.00 Å². The molecule has 0 radical (unpaired) electrons. The molecule has 0 aromatic carbocycles. The summed E-state index contributed by atoms with van der Waals surface area (Å²) in [6, 6.07) is 0. The van der Waals surface area contributed by atoms with Gasteiger partial charge in [-0.15, -0.1) is 0 Å². The second-order valence-electron chi connectivity index (χ2n) is 2.36. The van der Waals surface area contributed by atoms with E-state index in [0.29, 0.717) is 13.0 Å². The van der Waals surface area contributed by atoms with Gasteiger partial charge in [-0.2, -0.15) is 0 Å². The summed E-state index contributed by atoms with van der Waals surface area (Å²) >= 11 is 6.05. The molecule has 1 aliphatic rings. The van der Waals surface area contributed by atoms with Gasteiger partial charge in [0.05, 0.1) is 6.61 Å². The number of aliphatic hydroxyl groups excluding tert-OH is 1. The highest BCUT2D eigenvalue weighted by Crippen LogP contribution is 2.19. The zero-order chi connectivity index (χ0) is 8.16. The first-order valence-corrected chi connectivity index (χ1v) is 3.89. The van der Waals surface area contributed by atoms with Crippen molar-refractivity contribution in [3.8, 4) is 0 Å². The van der Waals surface area contributed by atoms with E-state index >= 15 is 0 Å². The second kappa shape index (κ2) is 3.85. The molecule has 0 spiro atoms. The number of halogens is 1. The topological polar surface area (TPSA) is 44.6 Å². The molecule has 0 fully saturated rings. The summed E-state index contributed by atoms with van der Waals surface area (Å²) in [6.07, 6.45) is 5.84. The standard InChI is InChI=1S/C7H11ClN2O/c8-7(10-5-6-11)1-3-9-4-2-7/h1,3-4,10-11H,2,5-6H2. The van der Waals surface area contributed by atoms with Crippen LogP contribution in [-0.2, 0) is 0 Å². The Labute approximate surface area is 70.8 Å². The van der Waals surface area contributed by atoms with Gasteiger partial charge in [0.1, 0.15) is 5.00 Å². The van der Waals surface area contributed by atoms with Gasteiger partial charge in [-0.1, -0.05) is 11.6 Å². The summed E-state index contributed by atoms with van der Waals surface area (Å²) in [5, 5.41) is 11.5. The molecule has 1 rings (SSSR count). The van der Waals surface area contributed by atoms with Crippen molar-refractivity contribution in [1.29, 1.82) is 0 Å². The van der Waals surface area contributed by atoms with Gasteiger partial charge in [0.25, 0.3) is 0 Å². The van der Waals surface area contributed by atoms with Gasteiger partial charge in [0, 0.05) is 25.4 Å². The van der Waals surface area contributed by atoms with Crippen LogP contribution in [0.5, 0.6) is 0 Å². The highest BCUT2D eigenvalue weighted by atomic mass is 35.5. The van der Waals surface area contributed by atoms with E-state index in [0.717, 1.165) is 0 Å². The number of alkyl halides is 1. The first kappa shape index (κ1) is 8.71. The van der Waals surface area contributed by atoms with Crippen molar-refractivity contribution >= 4 is 17.8 Å². The third-order valence-corrected chi connectivity index (χ3v) is 1.86. The fourth-order valence-corrected chi connectivity index (χ4v) is 1.09. The van der Waals surface area contributed by atoms with E-state index in [1.165, 1.54) is 0 Å². The summed E-state index contributed by atoms with van der Waals surface area (Å²) in [5.41, 5.74) is 0. The van der Waals surface area contributed by atoms with Gasteiger partial charge in [-0.3, -0.25) is 10.3 Å². The fourth-order valence-electron chi connectivity index (χ4n) is 0.870. The summed E-state index contributed by atoms with van der Waals surface area (Å²) in [6.45, 7) is 0.598. The number of hydrogen-bond acceptors (Lipinski definition) is 3. The van der Waals surface area contributed by atoms with E-state index in [2.05, 4.69) is 10.3 Å². The molecule has 1 aliphatic heterocycles. The number of nitrogens with one attached hydrogen (secondary N) is 1. The molecular weight excluding hydrogens is 164 g/mol. The van der Waals surface area contributed by atoms with Gasteiger partial charge in [-0.05, 0) is 6.08 Å². The molecule has 0 aromatic heterocycles. The van der Waals surface area contributed by atoms with Crippen molar-refractivity contribution < 1.29 is 5.11 Å². The molecule has 62 valence electrons. The Kier molecular flexibility index (Phi) is 3.05. The summed E-state index contributed by atoms with van der Waals surface area (Å²) < 4.78 is 0. The van der Waals surface area contributed by atoms with Gasteiger partial charge < -0.3 is 5.11 Å². The lowest BCUT2D eigenvalue weighted by atomic mass is 10.2. The Balaban J connectivity index is 2.40. The maximum Gasteiger partial charge on any atom is 0.119 e. The van der Waals surface area contributed by atoms with E-state index in [-0.39, 0.29) is 6.61 Å². The fraction of sp³-hybridized carbons (Fsp3) is 0.571. The Bertz CT molecular complexity index is 181. The van der Waals surface area contributed by atoms with Crippen LogP contribution in [0.2, 0.25) is 0 Å². The monoisotopic (exact) mass is 174 g/mol. The van der Waals surface area contributed by atoms with Crippen LogP contribution in [0.3, 0.4) is 0 Å². The SMILES string of the molecule is OCCNC1(Cl)C=CN=CC1. The van der Waals surface area contributed by atoms with E-state index in [4.69, 9.17) is 16.7 Å². The Morgan fingerprint density at radius 2 is 2.55 bits per heavy atom. The zero-order valence-electron chi connectivity index (χ0n) is 6.13. The summed E-state index contributed by atoms with van der Waals surface area (Å²) in [7, 11) is 0. The molecule has 2 N–H and O–H groups in total. The Hall–Kier alpha value is -0.380. The average Bonchev–Trinajstić information content (AvgIpc) is 2.03. The van der Waals surface area contributed by atoms with Gasteiger partial charge in [-0.25, -0.2) is 0 Å². The lowest BCUT2D eigenvalue weighted by molar-refractivity contribution is 0.285. The summed E-state index contributed by atoms with van der Waals surface area (Å²) in [4.78, 5) is 3.35. The van der Waals surface area contributed by atoms with Gasteiger partial charge >= 0.3 is 0 Å².